The molecule has 1 N–H and O–H groups in total. The van der Waals surface area contributed by atoms with E-state index in [-0.39, 0.29) is 10.6 Å². The van der Waals surface area contributed by atoms with Crippen LogP contribution in [0.3, 0.4) is 0 Å². The Labute approximate surface area is 146 Å². The van der Waals surface area contributed by atoms with Gasteiger partial charge in [0, 0.05) is 16.6 Å². The second kappa shape index (κ2) is 7.96. The highest BCUT2D eigenvalue weighted by Gasteiger charge is 2.20. The molecule has 4 nitrogen and oxygen atoms in total. The molecule has 0 aromatic heterocycles. The number of halogens is 2. The Morgan fingerprint density at radius 1 is 1.21 bits per heavy atom. The summed E-state index contributed by atoms with van der Waals surface area (Å²) in [6.45, 7) is 4.17. The maximum Gasteiger partial charge on any atom is 0.216 e. The van der Waals surface area contributed by atoms with E-state index in [9.17, 15) is 12.8 Å². The molecule has 0 bridgehead atoms. The molecule has 24 heavy (non-hydrogen) atoms. The van der Waals surface area contributed by atoms with Crippen molar-refractivity contribution < 1.29 is 17.5 Å². The van der Waals surface area contributed by atoms with Gasteiger partial charge in [0.2, 0.25) is 10.0 Å². The number of rotatable bonds is 7. The lowest BCUT2D eigenvalue weighted by molar-refractivity contribution is 0.340. The maximum atomic E-state index is 13.8. The SMILES string of the molecule is CCOc1ccc([C@@H](C)NS(=O)(=O)Cc2c(F)cccc2Cl)cc1. The van der Waals surface area contributed by atoms with E-state index in [4.69, 9.17) is 16.3 Å². The standard InChI is InChI=1S/C17H19ClFNO3S/c1-3-23-14-9-7-13(8-10-14)12(2)20-24(21,22)11-15-16(18)5-4-6-17(15)19/h4-10,12,20H,3,11H2,1-2H3/t12-/m1/s1. The Morgan fingerprint density at radius 2 is 1.88 bits per heavy atom. The Balaban J connectivity index is 2.10. The van der Waals surface area contributed by atoms with Gasteiger partial charge in [0.25, 0.3) is 0 Å². The maximum absolute atomic E-state index is 13.8. The molecule has 0 unspecified atom stereocenters. The van der Waals surface area contributed by atoms with E-state index in [0.29, 0.717) is 6.61 Å². The molecule has 0 spiro atoms. The quantitative estimate of drug-likeness (QED) is 0.798. The van der Waals surface area contributed by atoms with Crippen molar-refractivity contribution in [1.29, 1.82) is 0 Å². The van der Waals surface area contributed by atoms with E-state index in [2.05, 4.69) is 4.72 Å². The Kier molecular flexibility index (Phi) is 6.21. The lowest BCUT2D eigenvalue weighted by Crippen LogP contribution is -2.28. The first-order valence-electron chi connectivity index (χ1n) is 7.48. The molecule has 0 heterocycles. The van der Waals surface area contributed by atoms with Gasteiger partial charge in [0.05, 0.1) is 12.4 Å². The van der Waals surface area contributed by atoms with Crippen molar-refractivity contribution in [2.45, 2.75) is 25.6 Å². The van der Waals surface area contributed by atoms with Crippen LogP contribution in [0.2, 0.25) is 5.02 Å². The third kappa shape index (κ3) is 4.93. The summed E-state index contributed by atoms with van der Waals surface area (Å²) in [7, 11) is -3.75. The van der Waals surface area contributed by atoms with Crippen molar-refractivity contribution in [1.82, 2.24) is 4.72 Å². The second-order valence-corrected chi connectivity index (χ2v) is 7.46. The number of hydrogen-bond acceptors (Lipinski definition) is 3. The molecule has 0 fully saturated rings. The Hall–Kier alpha value is -1.63. The molecule has 0 radical (unpaired) electrons. The van der Waals surface area contributed by atoms with Gasteiger partial charge >= 0.3 is 0 Å². The number of hydrogen-bond donors (Lipinski definition) is 1. The van der Waals surface area contributed by atoms with Gasteiger partial charge in [-0.05, 0) is 43.7 Å². The van der Waals surface area contributed by atoms with Crippen LogP contribution in [0, 0.1) is 5.82 Å². The van der Waals surface area contributed by atoms with Crippen molar-refractivity contribution in [3.8, 4) is 5.75 Å². The van der Waals surface area contributed by atoms with Crippen LogP contribution in [0.5, 0.6) is 5.75 Å². The third-order valence-corrected chi connectivity index (χ3v) is 5.18. The van der Waals surface area contributed by atoms with Crippen LogP contribution in [0.1, 0.15) is 31.0 Å². The zero-order valence-electron chi connectivity index (χ0n) is 13.4. The minimum atomic E-state index is -3.75. The highest BCUT2D eigenvalue weighted by atomic mass is 35.5. The van der Waals surface area contributed by atoms with Crippen LogP contribution in [0.15, 0.2) is 42.5 Å². The molecule has 0 aliphatic rings. The summed E-state index contributed by atoms with van der Waals surface area (Å²) >= 11 is 5.89. The molecule has 0 saturated heterocycles. The van der Waals surface area contributed by atoms with Gasteiger partial charge in [0.1, 0.15) is 11.6 Å². The van der Waals surface area contributed by atoms with Gasteiger partial charge in [-0.15, -0.1) is 0 Å². The molecule has 130 valence electrons. The van der Waals surface area contributed by atoms with Crippen molar-refractivity contribution in [2.24, 2.45) is 0 Å². The largest absolute Gasteiger partial charge is 0.494 e. The highest BCUT2D eigenvalue weighted by molar-refractivity contribution is 7.88. The molecular weight excluding hydrogens is 353 g/mol. The van der Waals surface area contributed by atoms with Crippen LogP contribution in [0.25, 0.3) is 0 Å². The van der Waals surface area contributed by atoms with Crippen LogP contribution < -0.4 is 9.46 Å². The van der Waals surface area contributed by atoms with Crippen LogP contribution in [-0.4, -0.2) is 15.0 Å². The van der Waals surface area contributed by atoms with Crippen molar-refractivity contribution in [3.05, 3.63) is 64.4 Å². The number of nitrogens with one attached hydrogen (secondary N) is 1. The summed E-state index contributed by atoms with van der Waals surface area (Å²) < 4.78 is 46.2. The molecule has 7 heteroatoms. The average Bonchev–Trinajstić information content (AvgIpc) is 2.52. The van der Waals surface area contributed by atoms with Gasteiger partial charge in [0.15, 0.2) is 0 Å². The second-order valence-electron chi connectivity index (χ2n) is 5.30. The van der Waals surface area contributed by atoms with Gasteiger partial charge in [-0.2, -0.15) is 0 Å². The molecule has 2 aromatic carbocycles. The fourth-order valence-electron chi connectivity index (χ4n) is 2.26. The van der Waals surface area contributed by atoms with Gasteiger partial charge in [-0.3, -0.25) is 0 Å². The monoisotopic (exact) mass is 371 g/mol. The van der Waals surface area contributed by atoms with E-state index in [1.807, 2.05) is 6.92 Å². The number of sulfonamides is 1. The molecule has 0 amide bonds. The fourth-order valence-corrected chi connectivity index (χ4v) is 4.00. The van der Waals surface area contributed by atoms with Crippen molar-refractivity contribution in [2.75, 3.05) is 6.61 Å². The normalized spacial score (nSPS) is 12.8. The summed E-state index contributed by atoms with van der Waals surface area (Å²) in [5.74, 6) is -0.434. The Morgan fingerprint density at radius 3 is 2.46 bits per heavy atom. The number of benzene rings is 2. The predicted molar refractivity (Wildman–Crippen MR) is 93.2 cm³/mol. The van der Waals surface area contributed by atoms with Crippen LogP contribution in [-0.2, 0) is 15.8 Å². The van der Waals surface area contributed by atoms with Gasteiger partial charge in [-0.1, -0.05) is 29.8 Å². The smallest absolute Gasteiger partial charge is 0.216 e. The van der Waals surface area contributed by atoms with Crippen LogP contribution in [0.4, 0.5) is 4.39 Å². The highest BCUT2D eigenvalue weighted by Crippen LogP contribution is 2.23. The first-order chi connectivity index (χ1) is 11.3. The van der Waals surface area contributed by atoms with E-state index in [1.54, 1.807) is 31.2 Å². The van der Waals surface area contributed by atoms with E-state index in [1.165, 1.54) is 18.2 Å². The molecule has 0 aliphatic carbocycles. The number of ether oxygens (including phenoxy) is 1. The van der Waals surface area contributed by atoms with Gasteiger partial charge < -0.3 is 4.74 Å². The van der Waals surface area contributed by atoms with Crippen molar-refractivity contribution >= 4 is 21.6 Å². The summed E-state index contributed by atoms with van der Waals surface area (Å²) in [4.78, 5) is 0. The minimum Gasteiger partial charge on any atom is -0.494 e. The zero-order chi connectivity index (χ0) is 17.7. The predicted octanol–water partition coefficient (Wildman–Crippen LogP) is 4.06. The fraction of sp³-hybridized carbons (Fsp3) is 0.294. The molecule has 1 atom stereocenters. The molecule has 2 aromatic rings. The summed E-state index contributed by atoms with van der Waals surface area (Å²) in [6.07, 6.45) is 0. The Bertz CT molecular complexity index is 774. The summed E-state index contributed by atoms with van der Waals surface area (Å²) in [5.41, 5.74) is 0.743. The van der Waals surface area contributed by atoms with Crippen molar-refractivity contribution in [3.63, 3.8) is 0 Å². The molecular formula is C17H19ClFNO3S. The van der Waals surface area contributed by atoms with E-state index >= 15 is 0 Å². The van der Waals surface area contributed by atoms with E-state index < -0.39 is 27.6 Å². The first-order valence-corrected chi connectivity index (χ1v) is 9.51. The third-order valence-electron chi connectivity index (χ3n) is 3.44. The molecule has 0 aliphatic heterocycles. The lowest BCUT2D eigenvalue weighted by Gasteiger charge is -2.16. The lowest BCUT2D eigenvalue weighted by atomic mass is 10.1. The van der Waals surface area contributed by atoms with Gasteiger partial charge in [-0.25, -0.2) is 17.5 Å². The molecule has 0 saturated carbocycles. The molecule has 2 rings (SSSR count). The van der Waals surface area contributed by atoms with Crippen LogP contribution >= 0.6 is 11.6 Å². The summed E-state index contributed by atoms with van der Waals surface area (Å²) in [6, 6.07) is 10.7. The minimum absolute atomic E-state index is 0.0365. The zero-order valence-corrected chi connectivity index (χ0v) is 15.0. The van der Waals surface area contributed by atoms with E-state index in [0.717, 1.165) is 11.3 Å². The summed E-state index contributed by atoms with van der Waals surface area (Å²) in [5, 5.41) is 0.0918. The first kappa shape index (κ1) is 18.7. The topological polar surface area (TPSA) is 55.4 Å². The average molecular weight is 372 g/mol.